The molecule has 1 aromatic rings. The van der Waals surface area contributed by atoms with E-state index in [1.807, 2.05) is 6.07 Å². The largest absolute Gasteiger partial charge is 0.508 e. The smallest absolute Gasteiger partial charge is 0.120 e. The second-order valence-electron chi connectivity index (χ2n) is 5.73. The lowest BCUT2D eigenvalue weighted by molar-refractivity contribution is 0.239. The Morgan fingerprint density at radius 3 is 2.63 bits per heavy atom. The van der Waals surface area contributed by atoms with Crippen molar-refractivity contribution in [2.24, 2.45) is 11.8 Å². The molecule has 0 amide bonds. The Morgan fingerprint density at radius 2 is 2.00 bits per heavy atom. The number of fused-ring (bicyclic) bond motifs is 1. The summed E-state index contributed by atoms with van der Waals surface area (Å²) >= 11 is 0. The number of likely N-dealkylation sites (tertiary alicyclic amines) is 1. The van der Waals surface area contributed by atoms with Crippen molar-refractivity contribution in [2.75, 3.05) is 33.3 Å². The number of hydrogen-bond donors (Lipinski definition) is 2. The zero-order valence-electron chi connectivity index (χ0n) is 11.6. The van der Waals surface area contributed by atoms with Crippen molar-refractivity contribution in [2.45, 2.75) is 13.0 Å². The Labute approximate surface area is 114 Å². The van der Waals surface area contributed by atoms with Gasteiger partial charge in [-0.3, -0.25) is 4.90 Å². The van der Waals surface area contributed by atoms with E-state index < -0.39 is 0 Å². The maximum Gasteiger partial charge on any atom is 0.120 e. The van der Waals surface area contributed by atoms with Crippen LogP contribution >= 0.6 is 0 Å². The second-order valence-corrected chi connectivity index (χ2v) is 5.73. The molecule has 2 fully saturated rings. The fourth-order valence-electron chi connectivity index (χ4n) is 3.40. The minimum atomic E-state index is 0.237. The number of phenolic OH excluding ortho intramolecular Hbond substituents is 1. The van der Waals surface area contributed by atoms with Gasteiger partial charge in [0.25, 0.3) is 0 Å². The fourth-order valence-corrected chi connectivity index (χ4v) is 3.40. The van der Waals surface area contributed by atoms with Crippen molar-refractivity contribution >= 4 is 0 Å². The summed E-state index contributed by atoms with van der Waals surface area (Å²) in [7, 11) is 1.66. The number of phenols is 1. The predicted octanol–water partition coefficient (Wildman–Crippen LogP) is 1.61. The number of rotatable bonds is 3. The van der Waals surface area contributed by atoms with Crippen molar-refractivity contribution in [1.82, 2.24) is 10.2 Å². The molecule has 2 N–H and O–H groups in total. The molecule has 1 aromatic carbocycles. The molecule has 0 aromatic heterocycles. The Morgan fingerprint density at radius 1 is 1.32 bits per heavy atom. The molecule has 0 aliphatic carbocycles. The van der Waals surface area contributed by atoms with Gasteiger partial charge in [-0.25, -0.2) is 0 Å². The van der Waals surface area contributed by atoms with E-state index in [0.29, 0.717) is 5.75 Å². The monoisotopic (exact) mass is 262 g/mol. The molecule has 2 saturated heterocycles. The van der Waals surface area contributed by atoms with Crippen LogP contribution in [0.25, 0.3) is 0 Å². The van der Waals surface area contributed by atoms with Gasteiger partial charge in [-0.15, -0.1) is 0 Å². The van der Waals surface area contributed by atoms with E-state index in [0.717, 1.165) is 49.3 Å². The van der Waals surface area contributed by atoms with Gasteiger partial charge in [0, 0.05) is 24.7 Å². The summed E-state index contributed by atoms with van der Waals surface area (Å²) in [4.78, 5) is 2.48. The number of ether oxygens (including phenoxy) is 1. The van der Waals surface area contributed by atoms with Gasteiger partial charge >= 0.3 is 0 Å². The molecule has 2 aliphatic rings. The van der Waals surface area contributed by atoms with Crippen LogP contribution in [-0.2, 0) is 0 Å². The van der Waals surface area contributed by atoms with Crippen LogP contribution in [0.4, 0.5) is 0 Å². The summed E-state index contributed by atoms with van der Waals surface area (Å²) in [6.45, 7) is 6.68. The first-order valence-corrected chi connectivity index (χ1v) is 7.00. The molecule has 0 bridgehead atoms. The van der Waals surface area contributed by atoms with Crippen LogP contribution in [-0.4, -0.2) is 43.3 Å². The molecule has 0 radical (unpaired) electrons. The van der Waals surface area contributed by atoms with Crippen LogP contribution in [0.3, 0.4) is 0 Å². The maximum absolute atomic E-state index is 10.1. The molecule has 2 aliphatic heterocycles. The third-order valence-electron chi connectivity index (χ3n) is 4.65. The average molecular weight is 262 g/mol. The first-order chi connectivity index (χ1) is 9.19. The average Bonchev–Trinajstić information content (AvgIpc) is 2.99. The molecule has 4 heteroatoms. The number of methoxy groups -OCH3 is 1. The highest BCUT2D eigenvalue weighted by molar-refractivity contribution is 5.41. The molecule has 3 atom stereocenters. The molecule has 0 spiro atoms. The van der Waals surface area contributed by atoms with E-state index in [4.69, 9.17) is 4.74 Å². The molecule has 1 unspecified atom stereocenters. The minimum absolute atomic E-state index is 0.237. The molecule has 104 valence electrons. The van der Waals surface area contributed by atoms with E-state index in [1.54, 1.807) is 19.2 Å². The first kappa shape index (κ1) is 12.8. The summed E-state index contributed by atoms with van der Waals surface area (Å²) in [6.07, 6.45) is 0. The van der Waals surface area contributed by atoms with Gasteiger partial charge < -0.3 is 15.2 Å². The second kappa shape index (κ2) is 5.02. The topological polar surface area (TPSA) is 44.7 Å². The summed E-state index contributed by atoms with van der Waals surface area (Å²) < 4.78 is 5.26. The van der Waals surface area contributed by atoms with E-state index >= 15 is 0 Å². The van der Waals surface area contributed by atoms with Crippen molar-refractivity contribution in [3.05, 3.63) is 23.8 Å². The number of benzene rings is 1. The highest BCUT2D eigenvalue weighted by Gasteiger charge is 2.38. The van der Waals surface area contributed by atoms with Crippen LogP contribution in [0, 0.1) is 11.8 Å². The lowest BCUT2D eigenvalue weighted by Gasteiger charge is -2.26. The van der Waals surface area contributed by atoms with Gasteiger partial charge in [0.05, 0.1) is 7.11 Å². The van der Waals surface area contributed by atoms with Crippen LogP contribution in [0.5, 0.6) is 11.5 Å². The van der Waals surface area contributed by atoms with Crippen LogP contribution in [0.1, 0.15) is 18.5 Å². The molecule has 0 saturated carbocycles. The van der Waals surface area contributed by atoms with Crippen molar-refractivity contribution in [1.29, 1.82) is 0 Å². The van der Waals surface area contributed by atoms with Gasteiger partial charge in [0.2, 0.25) is 0 Å². The number of aromatic hydroxyl groups is 1. The Bertz CT molecular complexity index is 451. The molecular formula is C15H22N2O2. The van der Waals surface area contributed by atoms with Crippen molar-refractivity contribution in [3.8, 4) is 11.5 Å². The van der Waals surface area contributed by atoms with Gasteiger partial charge in [-0.2, -0.15) is 0 Å². The minimum Gasteiger partial charge on any atom is -0.508 e. The molecule has 4 nitrogen and oxygen atoms in total. The van der Waals surface area contributed by atoms with E-state index in [9.17, 15) is 5.11 Å². The quantitative estimate of drug-likeness (QED) is 0.869. The van der Waals surface area contributed by atoms with Crippen LogP contribution in [0.15, 0.2) is 18.2 Å². The highest BCUT2D eigenvalue weighted by atomic mass is 16.5. The Hall–Kier alpha value is -1.26. The van der Waals surface area contributed by atoms with Gasteiger partial charge in [-0.05, 0) is 50.0 Å². The van der Waals surface area contributed by atoms with Gasteiger partial charge in [0.15, 0.2) is 0 Å². The fraction of sp³-hybridized carbons (Fsp3) is 0.600. The summed E-state index contributed by atoms with van der Waals surface area (Å²) in [6, 6.07) is 5.71. The Balaban J connectivity index is 1.78. The SMILES string of the molecule is COc1ccc(O)c(C(C)N2C[C@H]3CNC[C@H]3C2)c1. The van der Waals surface area contributed by atoms with Crippen molar-refractivity contribution in [3.63, 3.8) is 0 Å². The third-order valence-corrected chi connectivity index (χ3v) is 4.65. The summed E-state index contributed by atoms with van der Waals surface area (Å²) in [5.74, 6) is 2.72. The van der Waals surface area contributed by atoms with Gasteiger partial charge in [0.1, 0.15) is 11.5 Å². The van der Waals surface area contributed by atoms with E-state index in [-0.39, 0.29) is 6.04 Å². The predicted molar refractivity (Wildman–Crippen MR) is 74.5 cm³/mol. The zero-order valence-corrected chi connectivity index (χ0v) is 11.6. The number of hydrogen-bond acceptors (Lipinski definition) is 4. The van der Waals surface area contributed by atoms with Crippen LogP contribution in [0.2, 0.25) is 0 Å². The van der Waals surface area contributed by atoms with Gasteiger partial charge in [-0.1, -0.05) is 0 Å². The lowest BCUT2D eigenvalue weighted by Crippen LogP contribution is -2.28. The Kier molecular flexibility index (Phi) is 3.37. The van der Waals surface area contributed by atoms with Crippen molar-refractivity contribution < 1.29 is 9.84 Å². The number of nitrogens with one attached hydrogen (secondary N) is 1. The number of nitrogens with zero attached hydrogens (tertiary/aromatic N) is 1. The standard InChI is InChI=1S/C15H22N2O2/c1-10(14-5-13(19-2)3-4-15(14)18)17-8-11-6-16-7-12(11)9-17/h3-5,10-12,16,18H,6-9H2,1-2H3/t10?,11-,12+. The van der Waals surface area contributed by atoms with E-state index in [1.165, 1.54) is 0 Å². The summed E-state index contributed by atoms with van der Waals surface area (Å²) in [5, 5.41) is 13.5. The molecular weight excluding hydrogens is 240 g/mol. The maximum atomic E-state index is 10.1. The molecule has 3 rings (SSSR count). The normalized spacial score (nSPS) is 28.3. The van der Waals surface area contributed by atoms with Crippen LogP contribution < -0.4 is 10.1 Å². The zero-order chi connectivity index (χ0) is 13.4. The third kappa shape index (κ3) is 2.30. The summed E-state index contributed by atoms with van der Waals surface area (Å²) in [5.41, 5.74) is 0.965. The first-order valence-electron chi connectivity index (χ1n) is 7.00. The molecule has 2 heterocycles. The van der Waals surface area contributed by atoms with E-state index in [2.05, 4.69) is 17.1 Å². The lowest BCUT2D eigenvalue weighted by atomic mass is 10.0. The molecule has 19 heavy (non-hydrogen) atoms. The highest BCUT2D eigenvalue weighted by Crippen LogP contribution is 2.36.